The highest BCUT2D eigenvalue weighted by Gasteiger charge is 2.52. The molecule has 3 heterocycles. The average molecular weight is 483 g/mol. The van der Waals surface area contributed by atoms with E-state index in [1.807, 2.05) is 18.3 Å². The van der Waals surface area contributed by atoms with Crippen LogP contribution in [-0.4, -0.2) is 44.2 Å². The highest BCUT2D eigenvalue weighted by Crippen LogP contribution is 2.58. The number of hydrogen-bond donors (Lipinski definition) is 1. The number of benzene rings is 2. The maximum Gasteiger partial charge on any atom is 0.270 e. The van der Waals surface area contributed by atoms with Crippen LogP contribution in [0.3, 0.4) is 0 Å². The minimum atomic E-state index is -4.13. The third-order valence-electron chi connectivity index (χ3n) is 6.43. The molecule has 0 atom stereocenters. The number of hydrogen-bond acceptors (Lipinski definition) is 8. The van der Waals surface area contributed by atoms with Crippen LogP contribution in [0.5, 0.6) is 17.2 Å². The molecule has 10 nitrogen and oxygen atoms in total. The van der Waals surface area contributed by atoms with Gasteiger partial charge in [0.25, 0.3) is 10.0 Å². The number of sulfonamides is 1. The Bertz CT molecular complexity index is 1510. The molecule has 34 heavy (non-hydrogen) atoms. The molecule has 11 heteroatoms. The second kappa shape index (κ2) is 7.39. The Morgan fingerprint density at radius 2 is 2.00 bits per heavy atom. The number of aromatic nitrogens is 3. The smallest absolute Gasteiger partial charge is 0.270 e. The van der Waals surface area contributed by atoms with E-state index < -0.39 is 10.0 Å². The number of anilines is 1. The van der Waals surface area contributed by atoms with E-state index in [2.05, 4.69) is 15.0 Å². The zero-order valence-corrected chi connectivity index (χ0v) is 19.4. The molecule has 1 saturated carbocycles. The SMILES string of the molecule is COc1ccc2c(c1S(=O)(=O)Nc1noc3cc(Cn4cccn4)cc(OC)c13)OCC21CC1. The van der Waals surface area contributed by atoms with Gasteiger partial charge in [-0.3, -0.25) is 9.40 Å². The van der Waals surface area contributed by atoms with E-state index in [1.54, 1.807) is 29.1 Å². The molecule has 1 spiro atoms. The van der Waals surface area contributed by atoms with Crippen molar-refractivity contribution in [1.82, 2.24) is 14.9 Å². The maximum atomic E-state index is 13.6. The molecule has 0 saturated heterocycles. The largest absolute Gasteiger partial charge is 0.496 e. The zero-order valence-electron chi connectivity index (χ0n) is 18.6. The van der Waals surface area contributed by atoms with Crippen molar-refractivity contribution in [3.8, 4) is 17.2 Å². The van der Waals surface area contributed by atoms with Gasteiger partial charge in [0.1, 0.15) is 22.6 Å². The van der Waals surface area contributed by atoms with Gasteiger partial charge in [0.2, 0.25) is 0 Å². The first-order valence-electron chi connectivity index (χ1n) is 10.7. The van der Waals surface area contributed by atoms with Gasteiger partial charge in [-0.2, -0.15) is 5.10 Å². The van der Waals surface area contributed by atoms with E-state index >= 15 is 0 Å². The van der Waals surface area contributed by atoms with Crippen LogP contribution in [0.2, 0.25) is 0 Å². The summed E-state index contributed by atoms with van der Waals surface area (Å²) < 4.78 is 53.8. The van der Waals surface area contributed by atoms with Crippen LogP contribution in [0, 0.1) is 0 Å². The van der Waals surface area contributed by atoms with Gasteiger partial charge in [-0.15, -0.1) is 0 Å². The summed E-state index contributed by atoms with van der Waals surface area (Å²) in [6.07, 6.45) is 5.49. The lowest BCUT2D eigenvalue weighted by atomic mass is 9.98. The fraction of sp³-hybridized carbons (Fsp3) is 0.304. The average Bonchev–Trinajstić information content (AvgIpc) is 3.12. The summed E-state index contributed by atoms with van der Waals surface area (Å²) in [4.78, 5) is -0.0401. The van der Waals surface area contributed by atoms with Crippen LogP contribution in [0.4, 0.5) is 5.82 Å². The van der Waals surface area contributed by atoms with Crippen LogP contribution in [0.25, 0.3) is 11.0 Å². The minimum absolute atomic E-state index is 0.0243. The molecule has 6 rings (SSSR count). The quantitative estimate of drug-likeness (QED) is 0.426. The third kappa shape index (κ3) is 3.18. The van der Waals surface area contributed by atoms with Crippen molar-refractivity contribution in [2.75, 3.05) is 25.5 Å². The molecule has 2 aliphatic rings. The monoisotopic (exact) mass is 482 g/mol. The van der Waals surface area contributed by atoms with Crippen molar-refractivity contribution in [3.63, 3.8) is 0 Å². The molecule has 2 aromatic carbocycles. The number of fused-ring (bicyclic) bond motifs is 3. The standard InChI is InChI=1S/C23H22N4O6S/c1-30-16-5-4-15-20(32-13-23(15)6-7-23)21(16)34(28,29)26-22-19-17(31-2)10-14(11-18(19)33-25-22)12-27-9-3-8-24-27/h3-5,8-11H,6-7,12-13H2,1-2H3,(H,25,26). The number of rotatable bonds is 7. The first-order valence-corrected chi connectivity index (χ1v) is 12.2. The molecular formula is C23H22N4O6S. The second-order valence-corrected chi connectivity index (χ2v) is 10.2. The highest BCUT2D eigenvalue weighted by molar-refractivity contribution is 7.93. The predicted molar refractivity (Wildman–Crippen MR) is 122 cm³/mol. The first kappa shape index (κ1) is 20.8. The van der Waals surface area contributed by atoms with Crippen molar-refractivity contribution < 1.29 is 27.2 Å². The Morgan fingerprint density at radius 3 is 2.71 bits per heavy atom. The van der Waals surface area contributed by atoms with Crippen LogP contribution in [0.1, 0.15) is 24.0 Å². The van der Waals surface area contributed by atoms with Gasteiger partial charge in [-0.05, 0) is 42.7 Å². The Labute approximate surface area is 195 Å². The summed E-state index contributed by atoms with van der Waals surface area (Å²) in [6, 6.07) is 8.99. The summed E-state index contributed by atoms with van der Waals surface area (Å²) in [5, 5.41) is 8.62. The summed E-state index contributed by atoms with van der Waals surface area (Å²) in [6.45, 7) is 0.964. The molecule has 1 aliphatic heterocycles. The number of ether oxygens (including phenoxy) is 3. The van der Waals surface area contributed by atoms with E-state index in [9.17, 15) is 8.42 Å². The third-order valence-corrected chi connectivity index (χ3v) is 7.82. The van der Waals surface area contributed by atoms with Crippen LogP contribution in [-0.2, 0) is 22.0 Å². The van der Waals surface area contributed by atoms with Crippen LogP contribution in [0.15, 0.2) is 52.1 Å². The fourth-order valence-electron chi connectivity index (χ4n) is 4.54. The second-order valence-electron chi connectivity index (χ2n) is 8.55. The lowest BCUT2D eigenvalue weighted by Crippen LogP contribution is -2.16. The molecule has 0 amide bonds. The van der Waals surface area contributed by atoms with Crippen LogP contribution < -0.4 is 18.9 Å². The molecule has 1 fully saturated rings. The molecule has 2 aromatic heterocycles. The Balaban J connectivity index is 1.41. The number of nitrogens with zero attached hydrogens (tertiary/aromatic N) is 3. The van der Waals surface area contributed by atoms with Gasteiger partial charge in [0, 0.05) is 23.4 Å². The highest BCUT2D eigenvalue weighted by atomic mass is 32.2. The molecule has 176 valence electrons. The van der Waals surface area contributed by atoms with Crippen molar-refractivity contribution in [1.29, 1.82) is 0 Å². The van der Waals surface area contributed by atoms with Gasteiger partial charge in [0.15, 0.2) is 16.3 Å². The number of nitrogens with one attached hydrogen (secondary N) is 1. The van der Waals surface area contributed by atoms with Gasteiger partial charge < -0.3 is 18.7 Å². The molecule has 0 bridgehead atoms. The van der Waals surface area contributed by atoms with Gasteiger partial charge in [-0.1, -0.05) is 11.2 Å². The molecule has 4 aromatic rings. The Hall–Kier alpha value is -3.73. The minimum Gasteiger partial charge on any atom is -0.496 e. The topological polar surface area (TPSA) is 118 Å². The fourth-order valence-corrected chi connectivity index (χ4v) is 5.87. The normalized spacial score (nSPS) is 15.8. The summed E-state index contributed by atoms with van der Waals surface area (Å²) in [5.74, 6) is 0.990. The van der Waals surface area contributed by atoms with Gasteiger partial charge in [0.05, 0.1) is 27.4 Å². The van der Waals surface area contributed by atoms with E-state index in [0.717, 1.165) is 24.0 Å². The zero-order chi connectivity index (χ0) is 23.5. The lowest BCUT2D eigenvalue weighted by molar-refractivity contribution is 0.313. The lowest BCUT2D eigenvalue weighted by Gasteiger charge is -2.14. The van der Waals surface area contributed by atoms with Gasteiger partial charge in [-0.25, -0.2) is 8.42 Å². The summed E-state index contributed by atoms with van der Waals surface area (Å²) in [7, 11) is -1.20. The molecule has 1 aliphatic carbocycles. The molecule has 1 N–H and O–H groups in total. The summed E-state index contributed by atoms with van der Waals surface area (Å²) >= 11 is 0. The van der Waals surface area contributed by atoms with Crippen molar-refractivity contribution in [2.24, 2.45) is 0 Å². The Kier molecular flexibility index (Phi) is 4.53. The van der Waals surface area contributed by atoms with Crippen molar-refractivity contribution in [3.05, 3.63) is 53.9 Å². The molecule has 0 radical (unpaired) electrons. The number of methoxy groups -OCH3 is 2. The van der Waals surface area contributed by atoms with Crippen LogP contribution >= 0.6 is 0 Å². The first-order chi connectivity index (χ1) is 16.4. The van der Waals surface area contributed by atoms with E-state index in [0.29, 0.717) is 35.6 Å². The predicted octanol–water partition coefficient (Wildman–Crippen LogP) is 3.31. The van der Waals surface area contributed by atoms with Gasteiger partial charge >= 0.3 is 0 Å². The van der Waals surface area contributed by atoms with E-state index in [4.69, 9.17) is 18.7 Å². The molecular weight excluding hydrogens is 460 g/mol. The van der Waals surface area contributed by atoms with Crippen molar-refractivity contribution in [2.45, 2.75) is 29.7 Å². The van der Waals surface area contributed by atoms with Crippen molar-refractivity contribution >= 4 is 26.8 Å². The molecule has 0 unspecified atom stereocenters. The van der Waals surface area contributed by atoms with E-state index in [-0.39, 0.29) is 21.9 Å². The maximum absolute atomic E-state index is 13.6. The van der Waals surface area contributed by atoms with E-state index in [1.165, 1.54) is 14.2 Å². The Morgan fingerprint density at radius 1 is 1.18 bits per heavy atom. The summed E-state index contributed by atoms with van der Waals surface area (Å²) in [5.41, 5.74) is 2.07.